The van der Waals surface area contributed by atoms with Crippen LogP contribution in [0, 0.1) is 0 Å². The van der Waals surface area contributed by atoms with Crippen LogP contribution in [0.1, 0.15) is 42.9 Å². The number of amides is 1. The summed E-state index contributed by atoms with van der Waals surface area (Å²) in [7, 11) is 0. The van der Waals surface area contributed by atoms with Crippen LogP contribution in [0.5, 0.6) is 5.75 Å². The Balaban J connectivity index is 2.03. The number of ether oxygens (including phenoxy) is 1. The molecule has 1 aromatic carbocycles. The third kappa shape index (κ3) is 4.36. The maximum Gasteiger partial charge on any atom is 0.251 e. The average molecular weight is 303 g/mol. The van der Waals surface area contributed by atoms with Crippen molar-refractivity contribution in [2.24, 2.45) is 0 Å². The van der Waals surface area contributed by atoms with Crippen LogP contribution in [0.25, 0.3) is 0 Å². The summed E-state index contributed by atoms with van der Waals surface area (Å²) in [6, 6.07) is 9.74. The van der Waals surface area contributed by atoms with Gasteiger partial charge in [-0.05, 0) is 57.2 Å². The minimum Gasteiger partial charge on any atom is -0.488 e. The lowest BCUT2D eigenvalue weighted by Crippen LogP contribution is -2.30. The van der Waals surface area contributed by atoms with Crippen LogP contribution in [0.15, 0.2) is 47.1 Å². The zero-order valence-electron chi connectivity index (χ0n) is 13.0. The molecule has 1 heterocycles. The molecule has 0 saturated heterocycles. The number of nitrogens with one attached hydrogen (secondary N) is 1. The molecule has 5 heteroatoms. The van der Waals surface area contributed by atoms with Crippen molar-refractivity contribution in [1.82, 2.24) is 5.32 Å². The largest absolute Gasteiger partial charge is 0.488 e. The van der Waals surface area contributed by atoms with Crippen LogP contribution in [-0.4, -0.2) is 23.2 Å². The zero-order chi connectivity index (χ0) is 16.2. The van der Waals surface area contributed by atoms with E-state index in [2.05, 4.69) is 5.32 Å². The highest BCUT2D eigenvalue weighted by atomic mass is 16.5. The van der Waals surface area contributed by atoms with Crippen LogP contribution in [-0.2, 0) is 0 Å². The first-order valence-corrected chi connectivity index (χ1v) is 7.13. The normalized spacial score (nSPS) is 12.7. The number of carbonyl (C=O) groups is 1. The van der Waals surface area contributed by atoms with Crippen molar-refractivity contribution >= 4 is 5.91 Å². The molecule has 1 atom stereocenters. The van der Waals surface area contributed by atoms with E-state index >= 15 is 0 Å². The number of hydrogen-bond acceptors (Lipinski definition) is 4. The molecule has 118 valence electrons. The molecule has 0 aliphatic carbocycles. The molecule has 2 rings (SSSR count). The quantitative estimate of drug-likeness (QED) is 0.891. The van der Waals surface area contributed by atoms with Crippen LogP contribution in [0.2, 0.25) is 0 Å². The lowest BCUT2D eigenvalue weighted by Gasteiger charge is -2.21. The first-order chi connectivity index (χ1) is 10.4. The summed E-state index contributed by atoms with van der Waals surface area (Å²) < 4.78 is 10.9. The van der Waals surface area contributed by atoms with Crippen LogP contribution in [0.4, 0.5) is 0 Å². The Kier molecular flexibility index (Phi) is 4.88. The molecule has 1 unspecified atom stereocenters. The Morgan fingerprint density at radius 3 is 2.45 bits per heavy atom. The standard InChI is InChI=1S/C17H21NO4/c1-17(2,3)22-13-8-6-12(7-9-13)16(20)18-14(11-19)15-5-4-10-21-15/h4-10,14,19H,11H2,1-3H3,(H,18,20). The second-order valence-electron chi connectivity index (χ2n) is 5.96. The monoisotopic (exact) mass is 303 g/mol. The van der Waals surface area contributed by atoms with Gasteiger partial charge in [-0.15, -0.1) is 0 Å². The number of carbonyl (C=O) groups excluding carboxylic acids is 1. The van der Waals surface area contributed by atoms with E-state index in [1.807, 2.05) is 20.8 Å². The molecule has 2 N–H and O–H groups in total. The fourth-order valence-electron chi connectivity index (χ4n) is 1.97. The van der Waals surface area contributed by atoms with Gasteiger partial charge in [0.25, 0.3) is 5.91 Å². The Morgan fingerprint density at radius 1 is 1.27 bits per heavy atom. The van der Waals surface area contributed by atoms with Gasteiger partial charge in [0.1, 0.15) is 23.2 Å². The molecule has 22 heavy (non-hydrogen) atoms. The van der Waals surface area contributed by atoms with Gasteiger partial charge in [0, 0.05) is 5.56 Å². The first kappa shape index (κ1) is 16.1. The predicted molar refractivity (Wildman–Crippen MR) is 82.8 cm³/mol. The van der Waals surface area contributed by atoms with Gasteiger partial charge in [-0.3, -0.25) is 4.79 Å². The summed E-state index contributed by atoms with van der Waals surface area (Å²) in [6.07, 6.45) is 1.50. The van der Waals surface area contributed by atoms with Crippen molar-refractivity contribution in [3.63, 3.8) is 0 Å². The summed E-state index contributed by atoms with van der Waals surface area (Å²) in [5, 5.41) is 12.1. The molecular formula is C17H21NO4. The third-order valence-corrected chi connectivity index (χ3v) is 2.92. The minimum atomic E-state index is -0.562. The molecule has 0 aliphatic rings. The van der Waals surface area contributed by atoms with Crippen molar-refractivity contribution in [3.05, 3.63) is 54.0 Å². The Morgan fingerprint density at radius 2 is 1.95 bits per heavy atom. The highest BCUT2D eigenvalue weighted by Crippen LogP contribution is 2.19. The number of furan rings is 1. The van der Waals surface area contributed by atoms with E-state index in [1.165, 1.54) is 6.26 Å². The second-order valence-corrected chi connectivity index (χ2v) is 5.96. The fraction of sp³-hybridized carbons (Fsp3) is 0.353. The molecule has 0 fully saturated rings. The van der Waals surface area contributed by atoms with Gasteiger partial charge in [-0.2, -0.15) is 0 Å². The van der Waals surface area contributed by atoms with Crippen LogP contribution in [0.3, 0.4) is 0 Å². The van der Waals surface area contributed by atoms with Gasteiger partial charge >= 0.3 is 0 Å². The lowest BCUT2D eigenvalue weighted by atomic mass is 10.1. The maximum absolute atomic E-state index is 12.2. The van der Waals surface area contributed by atoms with Crippen molar-refractivity contribution in [2.75, 3.05) is 6.61 Å². The molecule has 0 bridgehead atoms. The van der Waals surface area contributed by atoms with E-state index < -0.39 is 6.04 Å². The third-order valence-electron chi connectivity index (χ3n) is 2.92. The maximum atomic E-state index is 12.2. The van der Waals surface area contributed by atoms with E-state index in [0.717, 1.165) is 0 Å². The number of hydrogen-bond donors (Lipinski definition) is 2. The molecule has 0 aliphatic heterocycles. The molecule has 1 aromatic heterocycles. The number of rotatable bonds is 5. The summed E-state index contributed by atoms with van der Waals surface area (Å²) >= 11 is 0. The van der Waals surface area contributed by atoms with Gasteiger partial charge in [0.05, 0.1) is 12.9 Å². The molecule has 0 saturated carbocycles. The second kappa shape index (κ2) is 6.66. The van der Waals surface area contributed by atoms with E-state index in [1.54, 1.807) is 36.4 Å². The molecule has 1 amide bonds. The predicted octanol–water partition coefficient (Wildman–Crippen LogP) is 2.92. The minimum absolute atomic E-state index is 0.232. The highest BCUT2D eigenvalue weighted by Gasteiger charge is 2.17. The van der Waals surface area contributed by atoms with Crippen molar-refractivity contribution in [3.8, 4) is 5.75 Å². The van der Waals surface area contributed by atoms with Gasteiger partial charge in [0.15, 0.2) is 0 Å². The Hall–Kier alpha value is -2.27. The van der Waals surface area contributed by atoms with Gasteiger partial charge in [-0.25, -0.2) is 0 Å². The van der Waals surface area contributed by atoms with E-state index in [0.29, 0.717) is 17.1 Å². The number of aliphatic hydroxyl groups is 1. The summed E-state index contributed by atoms with van der Waals surface area (Å²) in [5.74, 6) is 0.940. The van der Waals surface area contributed by atoms with Gasteiger partial charge in [0.2, 0.25) is 0 Å². The summed E-state index contributed by atoms with van der Waals surface area (Å²) in [4.78, 5) is 12.2. The Bertz CT molecular complexity index is 597. The highest BCUT2D eigenvalue weighted by molar-refractivity contribution is 5.94. The summed E-state index contributed by atoms with van der Waals surface area (Å²) in [5.41, 5.74) is 0.205. The van der Waals surface area contributed by atoms with E-state index in [9.17, 15) is 9.90 Å². The SMILES string of the molecule is CC(C)(C)Oc1ccc(C(=O)NC(CO)c2ccco2)cc1. The number of aliphatic hydroxyl groups excluding tert-OH is 1. The van der Waals surface area contributed by atoms with Crippen molar-refractivity contribution in [2.45, 2.75) is 32.4 Å². The van der Waals surface area contributed by atoms with Gasteiger partial charge in [-0.1, -0.05) is 0 Å². The van der Waals surface area contributed by atoms with E-state index in [4.69, 9.17) is 9.15 Å². The van der Waals surface area contributed by atoms with Crippen molar-refractivity contribution in [1.29, 1.82) is 0 Å². The first-order valence-electron chi connectivity index (χ1n) is 7.13. The summed E-state index contributed by atoms with van der Waals surface area (Å²) in [6.45, 7) is 5.65. The number of benzene rings is 1. The zero-order valence-corrected chi connectivity index (χ0v) is 13.0. The smallest absolute Gasteiger partial charge is 0.251 e. The molecule has 2 aromatic rings. The lowest BCUT2D eigenvalue weighted by molar-refractivity contribution is 0.0907. The Labute approximate surface area is 129 Å². The average Bonchev–Trinajstić information content (AvgIpc) is 2.97. The van der Waals surface area contributed by atoms with Crippen LogP contribution >= 0.6 is 0 Å². The van der Waals surface area contributed by atoms with Crippen molar-refractivity contribution < 1.29 is 19.1 Å². The molecular weight excluding hydrogens is 282 g/mol. The molecule has 0 spiro atoms. The van der Waals surface area contributed by atoms with E-state index in [-0.39, 0.29) is 18.1 Å². The molecule has 5 nitrogen and oxygen atoms in total. The topological polar surface area (TPSA) is 71.7 Å². The fourth-order valence-corrected chi connectivity index (χ4v) is 1.97. The van der Waals surface area contributed by atoms with Gasteiger partial charge < -0.3 is 19.6 Å². The van der Waals surface area contributed by atoms with Crippen LogP contribution < -0.4 is 10.1 Å². The molecule has 0 radical (unpaired) electrons.